The van der Waals surface area contributed by atoms with Crippen LogP contribution in [0.5, 0.6) is 0 Å². The Bertz CT molecular complexity index is 265. The average Bonchev–Trinajstić information content (AvgIpc) is 2.55. The Morgan fingerprint density at radius 2 is 2.07 bits per heavy atom. The second-order valence-electron chi connectivity index (χ2n) is 5.27. The third-order valence-electron chi connectivity index (χ3n) is 2.99. The highest BCUT2D eigenvalue weighted by molar-refractivity contribution is 5.85. The summed E-state index contributed by atoms with van der Waals surface area (Å²) in [6, 6.07) is 0.414. The van der Waals surface area contributed by atoms with E-state index in [0.29, 0.717) is 5.92 Å². The molecule has 3 fully saturated rings. The van der Waals surface area contributed by atoms with Crippen LogP contribution in [0.4, 0.5) is 4.79 Å². The standard InChI is InChI=1S/C10H18N2O2.ClH/c1-10(2,3)14-9(13)12-5-6-4-7(12)8(6)11;/h6-8H,4-5,11H2,1-3H3;1H/t6-,7-,8-;/m0./s1. The monoisotopic (exact) mass is 234 g/mol. The van der Waals surface area contributed by atoms with E-state index in [2.05, 4.69) is 0 Å². The van der Waals surface area contributed by atoms with Gasteiger partial charge >= 0.3 is 6.09 Å². The predicted octanol–water partition coefficient (Wildman–Crippen LogP) is 1.37. The van der Waals surface area contributed by atoms with E-state index in [1.54, 1.807) is 4.90 Å². The van der Waals surface area contributed by atoms with Crippen molar-refractivity contribution in [2.24, 2.45) is 11.7 Å². The number of carbonyl (C=O) groups is 1. The summed E-state index contributed by atoms with van der Waals surface area (Å²) >= 11 is 0. The Kier molecular flexibility index (Phi) is 3.22. The lowest BCUT2D eigenvalue weighted by molar-refractivity contribution is 0.0234. The summed E-state index contributed by atoms with van der Waals surface area (Å²) in [6.07, 6.45) is 0.846. The van der Waals surface area contributed by atoms with Crippen molar-refractivity contribution in [1.29, 1.82) is 0 Å². The molecule has 15 heavy (non-hydrogen) atoms. The van der Waals surface area contributed by atoms with E-state index >= 15 is 0 Å². The first-order valence-electron chi connectivity index (χ1n) is 5.14. The number of amides is 1. The second kappa shape index (κ2) is 3.83. The van der Waals surface area contributed by atoms with Gasteiger partial charge in [0.2, 0.25) is 0 Å². The van der Waals surface area contributed by atoms with Crippen LogP contribution in [0.25, 0.3) is 0 Å². The molecular formula is C10H19ClN2O2. The van der Waals surface area contributed by atoms with Gasteiger partial charge in [-0.15, -0.1) is 12.4 Å². The maximum absolute atomic E-state index is 11.7. The molecule has 2 heterocycles. The molecule has 3 rings (SSSR count). The molecule has 2 aliphatic heterocycles. The summed E-state index contributed by atoms with van der Waals surface area (Å²) < 4.78 is 5.30. The summed E-state index contributed by atoms with van der Waals surface area (Å²) in [4.78, 5) is 13.5. The summed E-state index contributed by atoms with van der Waals surface area (Å²) in [5, 5.41) is 0. The van der Waals surface area contributed by atoms with Crippen LogP contribution < -0.4 is 5.73 Å². The highest BCUT2D eigenvalue weighted by atomic mass is 35.5. The van der Waals surface area contributed by atoms with Crippen LogP contribution in [-0.4, -0.2) is 35.2 Å². The fourth-order valence-electron chi connectivity index (χ4n) is 2.19. The van der Waals surface area contributed by atoms with E-state index < -0.39 is 5.60 Å². The molecule has 2 bridgehead atoms. The molecule has 0 radical (unpaired) electrons. The molecule has 88 valence electrons. The minimum Gasteiger partial charge on any atom is -0.444 e. The predicted molar refractivity (Wildman–Crippen MR) is 60.1 cm³/mol. The summed E-state index contributed by atoms with van der Waals surface area (Å²) in [6.45, 7) is 6.42. The Labute approximate surface area is 96.5 Å². The highest BCUT2D eigenvalue weighted by Gasteiger charge is 2.52. The van der Waals surface area contributed by atoms with Crippen LogP contribution in [0.2, 0.25) is 0 Å². The van der Waals surface area contributed by atoms with Gasteiger partial charge in [0.25, 0.3) is 0 Å². The molecule has 0 aromatic rings. The van der Waals surface area contributed by atoms with Crippen molar-refractivity contribution in [1.82, 2.24) is 4.90 Å². The molecule has 1 aliphatic carbocycles. The molecule has 5 heteroatoms. The summed E-state index contributed by atoms with van der Waals surface area (Å²) in [5.41, 5.74) is 5.46. The van der Waals surface area contributed by atoms with Crippen LogP contribution in [0.1, 0.15) is 27.2 Å². The van der Waals surface area contributed by atoms with Gasteiger partial charge in [-0.05, 0) is 33.1 Å². The number of hydrogen-bond acceptors (Lipinski definition) is 3. The number of nitrogens with two attached hydrogens (primary N) is 1. The minimum atomic E-state index is -0.409. The van der Waals surface area contributed by atoms with Gasteiger partial charge in [0.15, 0.2) is 0 Å². The molecule has 4 nitrogen and oxygen atoms in total. The lowest BCUT2D eigenvalue weighted by Crippen LogP contribution is -2.51. The number of halogens is 1. The normalized spacial score (nSPS) is 33.1. The molecule has 3 aliphatic rings. The maximum Gasteiger partial charge on any atom is 0.410 e. The lowest BCUT2D eigenvalue weighted by Gasteiger charge is -2.33. The van der Waals surface area contributed by atoms with Gasteiger partial charge in [0, 0.05) is 12.6 Å². The van der Waals surface area contributed by atoms with E-state index in [9.17, 15) is 4.79 Å². The zero-order valence-electron chi connectivity index (χ0n) is 9.40. The third kappa shape index (κ3) is 2.21. The Morgan fingerprint density at radius 3 is 2.40 bits per heavy atom. The summed E-state index contributed by atoms with van der Waals surface area (Å²) in [5.74, 6) is 0.507. The van der Waals surface area contributed by atoms with Gasteiger partial charge < -0.3 is 15.4 Å². The molecule has 0 aromatic carbocycles. The van der Waals surface area contributed by atoms with Gasteiger partial charge in [0.05, 0.1) is 6.04 Å². The Balaban J connectivity index is 0.00000112. The number of nitrogens with zero attached hydrogens (tertiary/aromatic N) is 1. The smallest absolute Gasteiger partial charge is 0.410 e. The van der Waals surface area contributed by atoms with Crippen LogP contribution in [-0.2, 0) is 4.74 Å². The summed E-state index contributed by atoms with van der Waals surface area (Å²) in [7, 11) is 0. The van der Waals surface area contributed by atoms with E-state index in [1.807, 2.05) is 20.8 Å². The molecule has 1 saturated carbocycles. The number of hydrogen-bond donors (Lipinski definition) is 1. The number of fused-ring (bicyclic) bond motifs is 1. The molecule has 0 aromatic heterocycles. The fourth-order valence-corrected chi connectivity index (χ4v) is 2.19. The lowest BCUT2D eigenvalue weighted by atomic mass is 9.81. The van der Waals surface area contributed by atoms with Crippen molar-refractivity contribution in [3.63, 3.8) is 0 Å². The largest absolute Gasteiger partial charge is 0.444 e. The molecule has 0 unspecified atom stereocenters. The van der Waals surface area contributed by atoms with E-state index in [1.165, 1.54) is 0 Å². The van der Waals surface area contributed by atoms with Crippen molar-refractivity contribution in [2.45, 2.75) is 44.9 Å². The number of rotatable bonds is 0. The van der Waals surface area contributed by atoms with Gasteiger partial charge in [0.1, 0.15) is 5.60 Å². The van der Waals surface area contributed by atoms with Crippen molar-refractivity contribution in [3.05, 3.63) is 0 Å². The Hall–Kier alpha value is -0.480. The number of ether oxygens (including phenoxy) is 1. The van der Waals surface area contributed by atoms with Crippen molar-refractivity contribution in [2.75, 3.05) is 6.54 Å². The highest BCUT2D eigenvalue weighted by Crippen LogP contribution is 2.40. The maximum atomic E-state index is 11.7. The van der Waals surface area contributed by atoms with Crippen LogP contribution >= 0.6 is 12.4 Å². The zero-order valence-corrected chi connectivity index (χ0v) is 10.2. The van der Waals surface area contributed by atoms with Gasteiger partial charge in [-0.1, -0.05) is 0 Å². The molecule has 3 atom stereocenters. The molecule has 2 N–H and O–H groups in total. The van der Waals surface area contributed by atoms with Crippen molar-refractivity contribution in [3.8, 4) is 0 Å². The molecule has 1 amide bonds. The van der Waals surface area contributed by atoms with Crippen molar-refractivity contribution >= 4 is 18.5 Å². The zero-order chi connectivity index (χ0) is 10.5. The van der Waals surface area contributed by atoms with E-state index in [0.717, 1.165) is 13.0 Å². The fraction of sp³-hybridized carbons (Fsp3) is 0.900. The van der Waals surface area contributed by atoms with Gasteiger partial charge in [-0.2, -0.15) is 0 Å². The second-order valence-corrected chi connectivity index (χ2v) is 5.27. The topological polar surface area (TPSA) is 55.6 Å². The third-order valence-corrected chi connectivity index (χ3v) is 2.99. The van der Waals surface area contributed by atoms with Gasteiger partial charge in [-0.3, -0.25) is 0 Å². The quantitative estimate of drug-likeness (QED) is 0.689. The first-order chi connectivity index (χ1) is 6.38. The molecule has 0 spiro atoms. The Morgan fingerprint density at radius 1 is 1.47 bits per heavy atom. The first-order valence-corrected chi connectivity index (χ1v) is 5.14. The molecule has 2 saturated heterocycles. The van der Waals surface area contributed by atoms with Crippen LogP contribution in [0, 0.1) is 5.92 Å². The first kappa shape index (κ1) is 12.6. The van der Waals surface area contributed by atoms with Crippen molar-refractivity contribution < 1.29 is 9.53 Å². The van der Waals surface area contributed by atoms with E-state index in [-0.39, 0.29) is 30.6 Å². The SMILES string of the molecule is CC(C)(C)OC(=O)N1C[C@@H]2C[C@H]1[C@H]2N.Cl. The minimum absolute atomic E-state index is 0. The number of carbonyl (C=O) groups excluding carboxylic acids is 1. The van der Waals surface area contributed by atoms with E-state index in [4.69, 9.17) is 10.5 Å². The van der Waals surface area contributed by atoms with Crippen LogP contribution in [0.15, 0.2) is 0 Å². The van der Waals surface area contributed by atoms with Crippen LogP contribution in [0.3, 0.4) is 0 Å². The molecular weight excluding hydrogens is 216 g/mol. The average molecular weight is 235 g/mol. The van der Waals surface area contributed by atoms with Gasteiger partial charge in [-0.25, -0.2) is 4.79 Å².